The Kier molecular flexibility index (Phi) is 4.74. The van der Waals surface area contributed by atoms with Gasteiger partial charge in [-0.3, -0.25) is 0 Å². The van der Waals surface area contributed by atoms with E-state index in [1.54, 1.807) is 7.11 Å². The van der Waals surface area contributed by atoms with Gasteiger partial charge in [0.15, 0.2) is 0 Å². The van der Waals surface area contributed by atoms with Crippen molar-refractivity contribution in [3.8, 4) is 0 Å². The third kappa shape index (κ3) is 3.65. The van der Waals surface area contributed by atoms with Crippen LogP contribution in [0, 0.1) is 5.92 Å². The van der Waals surface area contributed by atoms with Crippen molar-refractivity contribution in [2.75, 3.05) is 27.3 Å². The average Bonchev–Trinajstić information content (AvgIpc) is 2.15. The molecule has 13 heavy (non-hydrogen) atoms. The van der Waals surface area contributed by atoms with E-state index in [4.69, 9.17) is 4.74 Å². The van der Waals surface area contributed by atoms with Crippen LogP contribution in [0.15, 0.2) is 0 Å². The minimum absolute atomic E-state index is 0.811. The highest BCUT2D eigenvalue weighted by Gasteiger charge is 2.20. The highest BCUT2D eigenvalue weighted by Crippen LogP contribution is 2.26. The number of rotatable bonds is 4. The molecule has 0 unspecified atom stereocenters. The number of ether oxygens (including phenoxy) is 1. The fourth-order valence-corrected chi connectivity index (χ4v) is 2.10. The number of nitrogens with zero attached hydrogens (tertiary/aromatic N) is 1. The molecule has 0 bridgehead atoms. The molecule has 1 aliphatic rings. The van der Waals surface area contributed by atoms with Crippen molar-refractivity contribution in [3.63, 3.8) is 0 Å². The first-order valence-electron chi connectivity index (χ1n) is 5.43. The largest absolute Gasteiger partial charge is 0.383 e. The Morgan fingerprint density at radius 3 is 2.38 bits per heavy atom. The lowest BCUT2D eigenvalue weighted by Crippen LogP contribution is -2.36. The Bertz CT molecular complexity index is 130. The van der Waals surface area contributed by atoms with Crippen molar-refractivity contribution in [1.82, 2.24) is 4.90 Å². The monoisotopic (exact) mass is 185 g/mol. The predicted octanol–water partition coefficient (Wildman–Crippen LogP) is 2.14. The van der Waals surface area contributed by atoms with Crippen LogP contribution >= 0.6 is 0 Å². The summed E-state index contributed by atoms with van der Waals surface area (Å²) in [5, 5.41) is 0. The van der Waals surface area contributed by atoms with Gasteiger partial charge >= 0.3 is 0 Å². The summed E-state index contributed by atoms with van der Waals surface area (Å²) in [4.78, 5) is 2.45. The van der Waals surface area contributed by atoms with E-state index in [0.717, 1.165) is 25.1 Å². The lowest BCUT2D eigenvalue weighted by molar-refractivity contribution is 0.115. The van der Waals surface area contributed by atoms with Gasteiger partial charge in [-0.25, -0.2) is 0 Å². The molecule has 0 atom stereocenters. The molecule has 0 heterocycles. The molecule has 0 spiro atoms. The molecule has 0 saturated heterocycles. The normalized spacial score (nSPS) is 29.5. The van der Waals surface area contributed by atoms with Crippen LogP contribution in [-0.4, -0.2) is 38.3 Å². The zero-order chi connectivity index (χ0) is 9.68. The molecular weight excluding hydrogens is 162 g/mol. The van der Waals surface area contributed by atoms with Crippen molar-refractivity contribution in [2.45, 2.75) is 38.6 Å². The first kappa shape index (κ1) is 11.0. The summed E-state index contributed by atoms with van der Waals surface area (Å²) < 4.78 is 5.08. The van der Waals surface area contributed by atoms with E-state index in [-0.39, 0.29) is 0 Å². The molecule has 1 rings (SSSR count). The van der Waals surface area contributed by atoms with Crippen LogP contribution in [0.1, 0.15) is 32.6 Å². The molecule has 0 aromatic carbocycles. The number of hydrogen-bond donors (Lipinski definition) is 0. The van der Waals surface area contributed by atoms with Gasteiger partial charge in [0.1, 0.15) is 0 Å². The number of likely N-dealkylation sites (N-methyl/N-ethyl adjacent to an activating group) is 1. The average molecular weight is 185 g/mol. The molecule has 0 aliphatic heterocycles. The Balaban J connectivity index is 2.19. The molecule has 0 radical (unpaired) electrons. The second-order valence-electron chi connectivity index (χ2n) is 4.39. The van der Waals surface area contributed by atoms with Gasteiger partial charge in [-0.15, -0.1) is 0 Å². The zero-order valence-corrected chi connectivity index (χ0v) is 9.25. The lowest BCUT2D eigenvalue weighted by atomic mass is 9.87. The Labute approximate surface area is 82.3 Å². The molecule has 1 saturated carbocycles. The summed E-state index contributed by atoms with van der Waals surface area (Å²) in [6.45, 7) is 4.31. The molecule has 0 amide bonds. The van der Waals surface area contributed by atoms with E-state index < -0.39 is 0 Å². The minimum Gasteiger partial charge on any atom is -0.383 e. The summed E-state index contributed by atoms with van der Waals surface area (Å²) in [6, 6.07) is 0.811. The summed E-state index contributed by atoms with van der Waals surface area (Å²) in [6.07, 6.45) is 5.56. The topological polar surface area (TPSA) is 12.5 Å². The molecule has 2 heteroatoms. The fraction of sp³-hybridized carbons (Fsp3) is 1.00. The molecule has 0 N–H and O–H groups in total. The van der Waals surface area contributed by atoms with Crippen molar-refractivity contribution in [2.24, 2.45) is 5.92 Å². The van der Waals surface area contributed by atoms with Gasteiger partial charge < -0.3 is 9.64 Å². The first-order chi connectivity index (χ1) is 6.24. The maximum Gasteiger partial charge on any atom is 0.0589 e. The smallest absolute Gasteiger partial charge is 0.0589 e. The summed E-state index contributed by atoms with van der Waals surface area (Å²) in [5.41, 5.74) is 0. The van der Waals surface area contributed by atoms with Gasteiger partial charge in [0.2, 0.25) is 0 Å². The molecule has 0 aromatic heterocycles. The number of hydrogen-bond acceptors (Lipinski definition) is 2. The van der Waals surface area contributed by atoms with Crippen molar-refractivity contribution in [3.05, 3.63) is 0 Å². The third-order valence-corrected chi connectivity index (χ3v) is 3.26. The molecular formula is C11H23NO. The van der Waals surface area contributed by atoms with Crippen LogP contribution in [0.3, 0.4) is 0 Å². The van der Waals surface area contributed by atoms with Crippen LogP contribution < -0.4 is 0 Å². The van der Waals surface area contributed by atoms with E-state index in [9.17, 15) is 0 Å². The van der Waals surface area contributed by atoms with Gasteiger partial charge in [-0.2, -0.15) is 0 Å². The summed E-state index contributed by atoms with van der Waals surface area (Å²) >= 11 is 0. The van der Waals surface area contributed by atoms with Gasteiger partial charge in [-0.1, -0.05) is 6.92 Å². The maximum absolute atomic E-state index is 5.08. The molecule has 0 aromatic rings. The van der Waals surface area contributed by atoms with E-state index in [2.05, 4.69) is 18.9 Å². The van der Waals surface area contributed by atoms with Crippen LogP contribution in [0.25, 0.3) is 0 Å². The van der Waals surface area contributed by atoms with Crippen molar-refractivity contribution in [1.29, 1.82) is 0 Å². The quantitative estimate of drug-likeness (QED) is 0.665. The van der Waals surface area contributed by atoms with E-state index in [1.807, 2.05) is 0 Å². The van der Waals surface area contributed by atoms with E-state index in [0.29, 0.717) is 0 Å². The highest BCUT2D eigenvalue weighted by molar-refractivity contribution is 4.76. The lowest BCUT2D eigenvalue weighted by Gasteiger charge is -2.33. The van der Waals surface area contributed by atoms with Crippen molar-refractivity contribution >= 4 is 0 Å². The predicted molar refractivity (Wildman–Crippen MR) is 55.9 cm³/mol. The maximum atomic E-state index is 5.08. The second-order valence-corrected chi connectivity index (χ2v) is 4.39. The van der Waals surface area contributed by atoms with Crippen LogP contribution in [0.2, 0.25) is 0 Å². The fourth-order valence-electron chi connectivity index (χ4n) is 2.10. The molecule has 1 aliphatic carbocycles. The van der Waals surface area contributed by atoms with E-state index in [1.165, 1.54) is 25.7 Å². The second kappa shape index (κ2) is 5.61. The SMILES string of the molecule is COCCN(C)C1CCC(C)CC1. The van der Waals surface area contributed by atoms with Crippen molar-refractivity contribution < 1.29 is 4.74 Å². The Morgan fingerprint density at radius 2 is 1.85 bits per heavy atom. The standard InChI is InChI=1S/C11H23NO/c1-10-4-6-11(7-5-10)12(2)8-9-13-3/h10-11H,4-9H2,1-3H3. The van der Waals surface area contributed by atoms with Gasteiger partial charge in [0, 0.05) is 19.7 Å². The van der Waals surface area contributed by atoms with Crippen LogP contribution in [-0.2, 0) is 4.74 Å². The van der Waals surface area contributed by atoms with Gasteiger partial charge in [-0.05, 0) is 38.6 Å². The highest BCUT2D eigenvalue weighted by atomic mass is 16.5. The summed E-state index contributed by atoms with van der Waals surface area (Å²) in [7, 11) is 4.00. The van der Waals surface area contributed by atoms with Gasteiger partial charge in [0.05, 0.1) is 6.61 Å². The third-order valence-electron chi connectivity index (χ3n) is 3.26. The van der Waals surface area contributed by atoms with Gasteiger partial charge in [0.25, 0.3) is 0 Å². The minimum atomic E-state index is 0.811. The van der Waals surface area contributed by atoms with E-state index >= 15 is 0 Å². The Hall–Kier alpha value is -0.0800. The first-order valence-corrected chi connectivity index (χ1v) is 5.43. The summed E-state index contributed by atoms with van der Waals surface area (Å²) in [5.74, 6) is 0.951. The Morgan fingerprint density at radius 1 is 1.23 bits per heavy atom. The molecule has 2 nitrogen and oxygen atoms in total. The number of methoxy groups -OCH3 is 1. The molecule has 1 fully saturated rings. The zero-order valence-electron chi connectivity index (χ0n) is 9.25. The van der Waals surface area contributed by atoms with Crippen LogP contribution in [0.5, 0.6) is 0 Å². The molecule has 78 valence electrons. The van der Waals surface area contributed by atoms with Crippen LogP contribution in [0.4, 0.5) is 0 Å².